The van der Waals surface area contributed by atoms with Gasteiger partial charge in [0.15, 0.2) is 0 Å². The second-order valence-electron chi connectivity index (χ2n) is 4.17. The number of nitrogens with zero attached hydrogens (tertiary/aromatic N) is 2. The van der Waals surface area contributed by atoms with Crippen LogP contribution in [0.1, 0.15) is 19.7 Å². The predicted molar refractivity (Wildman–Crippen MR) is 69.4 cm³/mol. The first kappa shape index (κ1) is 13.2. The molecule has 1 heterocycles. The summed E-state index contributed by atoms with van der Waals surface area (Å²) in [5.74, 6) is 0.455. The highest BCUT2D eigenvalue weighted by Gasteiger charge is 2.10. The van der Waals surface area contributed by atoms with Gasteiger partial charge in [0.1, 0.15) is 5.82 Å². The number of hydrogen-bond donors (Lipinski definition) is 1. The lowest BCUT2D eigenvalue weighted by molar-refractivity contribution is 0.458. The minimum Gasteiger partial charge on any atom is -0.419 e. The normalized spacial score (nSPS) is 11.2. The Balaban J connectivity index is 2.16. The molecule has 18 heavy (non-hydrogen) atoms. The lowest BCUT2D eigenvalue weighted by Crippen LogP contribution is -2.21. The number of halogens is 2. The molecule has 2 aromatic rings. The van der Waals surface area contributed by atoms with Gasteiger partial charge in [0.05, 0.1) is 11.0 Å². The van der Waals surface area contributed by atoms with Crippen LogP contribution < -0.4 is 5.32 Å². The Morgan fingerprint density at radius 3 is 2.83 bits per heavy atom. The summed E-state index contributed by atoms with van der Waals surface area (Å²) >= 11 is 3.10. The molecule has 0 amide bonds. The van der Waals surface area contributed by atoms with E-state index in [1.807, 2.05) is 13.8 Å². The van der Waals surface area contributed by atoms with Gasteiger partial charge in [0.25, 0.3) is 0 Å². The molecule has 4 nitrogen and oxygen atoms in total. The van der Waals surface area contributed by atoms with Gasteiger partial charge in [-0.15, -0.1) is 10.2 Å². The molecule has 0 fully saturated rings. The van der Waals surface area contributed by atoms with E-state index < -0.39 is 0 Å². The van der Waals surface area contributed by atoms with Crippen molar-refractivity contribution in [3.8, 4) is 11.5 Å². The number of hydrogen-bond acceptors (Lipinski definition) is 4. The van der Waals surface area contributed by atoms with Crippen LogP contribution in [0.4, 0.5) is 4.39 Å². The van der Waals surface area contributed by atoms with Gasteiger partial charge in [-0.25, -0.2) is 4.39 Å². The number of benzene rings is 1. The molecular weight excluding hydrogens is 301 g/mol. The van der Waals surface area contributed by atoms with Crippen molar-refractivity contribution in [2.75, 3.05) is 0 Å². The lowest BCUT2D eigenvalue weighted by Gasteiger charge is -2.03. The maximum absolute atomic E-state index is 13.4. The van der Waals surface area contributed by atoms with Crippen LogP contribution in [-0.4, -0.2) is 16.2 Å². The molecule has 0 spiro atoms. The van der Waals surface area contributed by atoms with Gasteiger partial charge in [-0.05, 0) is 34.1 Å². The number of rotatable bonds is 4. The smallest absolute Gasteiger partial charge is 0.247 e. The maximum Gasteiger partial charge on any atom is 0.247 e. The fraction of sp³-hybridized carbons (Fsp3) is 0.333. The van der Waals surface area contributed by atoms with Crippen LogP contribution in [0.25, 0.3) is 11.5 Å². The van der Waals surface area contributed by atoms with Crippen LogP contribution in [0, 0.1) is 5.82 Å². The quantitative estimate of drug-likeness (QED) is 0.942. The molecule has 96 valence electrons. The summed E-state index contributed by atoms with van der Waals surface area (Å²) in [4.78, 5) is 0. The Kier molecular flexibility index (Phi) is 4.08. The minimum atomic E-state index is -0.354. The third-order valence-corrected chi connectivity index (χ3v) is 2.94. The van der Waals surface area contributed by atoms with Crippen LogP contribution in [-0.2, 0) is 6.54 Å². The van der Waals surface area contributed by atoms with Crippen LogP contribution in [0.5, 0.6) is 0 Å². The summed E-state index contributed by atoms with van der Waals surface area (Å²) in [5, 5.41) is 11.0. The zero-order chi connectivity index (χ0) is 13.1. The molecule has 0 unspecified atom stereocenters. The topological polar surface area (TPSA) is 51.0 Å². The second kappa shape index (κ2) is 5.58. The highest BCUT2D eigenvalue weighted by Crippen LogP contribution is 2.23. The Morgan fingerprint density at radius 1 is 1.39 bits per heavy atom. The van der Waals surface area contributed by atoms with Crippen molar-refractivity contribution in [3.63, 3.8) is 0 Å². The molecule has 0 aliphatic carbocycles. The van der Waals surface area contributed by atoms with Crippen molar-refractivity contribution >= 4 is 15.9 Å². The highest BCUT2D eigenvalue weighted by molar-refractivity contribution is 9.10. The van der Waals surface area contributed by atoms with Gasteiger partial charge in [-0.3, -0.25) is 0 Å². The monoisotopic (exact) mass is 313 g/mol. The average molecular weight is 314 g/mol. The predicted octanol–water partition coefficient (Wildman–Crippen LogP) is 3.14. The molecule has 6 heteroatoms. The van der Waals surface area contributed by atoms with Crippen molar-refractivity contribution in [1.82, 2.24) is 15.5 Å². The van der Waals surface area contributed by atoms with E-state index in [-0.39, 0.29) is 5.82 Å². The maximum atomic E-state index is 13.4. The zero-order valence-corrected chi connectivity index (χ0v) is 11.7. The molecule has 0 aliphatic rings. The molecule has 0 saturated carbocycles. The van der Waals surface area contributed by atoms with Crippen molar-refractivity contribution in [3.05, 3.63) is 34.4 Å². The van der Waals surface area contributed by atoms with E-state index in [4.69, 9.17) is 4.42 Å². The Labute approximate surface area is 113 Å². The summed E-state index contributed by atoms with van der Waals surface area (Å²) in [6.45, 7) is 4.56. The SMILES string of the molecule is CC(C)NCc1nnc(-c2ccc(Br)c(F)c2)o1. The molecule has 1 aromatic heterocycles. The van der Waals surface area contributed by atoms with Gasteiger partial charge in [0.2, 0.25) is 11.8 Å². The van der Waals surface area contributed by atoms with Gasteiger partial charge in [-0.1, -0.05) is 13.8 Å². The zero-order valence-electron chi connectivity index (χ0n) is 10.1. The summed E-state index contributed by atoms with van der Waals surface area (Å²) in [6, 6.07) is 5.03. The summed E-state index contributed by atoms with van der Waals surface area (Å²) < 4.78 is 19.2. The first-order valence-electron chi connectivity index (χ1n) is 5.57. The first-order valence-corrected chi connectivity index (χ1v) is 6.36. The van der Waals surface area contributed by atoms with E-state index in [1.165, 1.54) is 6.07 Å². The Hall–Kier alpha value is -1.27. The van der Waals surface area contributed by atoms with Gasteiger partial charge in [0, 0.05) is 11.6 Å². The molecule has 2 rings (SSSR count). The minimum absolute atomic E-state index is 0.321. The van der Waals surface area contributed by atoms with Crippen LogP contribution in [0.3, 0.4) is 0 Å². The molecule has 0 aliphatic heterocycles. The standard InChI is InChI=1S/C12H13BrFN3O/c1-7(2)15-6-11-16-17-12(18-11)8-3-4-9(13)10(14)5-8/h3-5,7,15H,6H2,1-2H3. The van der Waals surface area contributed by atoms with E-state index in [9.17, 15) is 4.39 Å². The van der Waals surface area contributed by atoms with E-state index in [0.717, 1.165) is 0 Å². The number of nitrogens with one attached hydrogen (secondary N) is 1. The van der Waals surface area contributed by atoms with E-state index in [1.54, 1.807) is 12.1 Å². The van der Waals surface area contributed by atoms with Crippen molar-refractivity contribution in [1.29, 1.82) is 0 Å². The summed E-state index contributed by atoms with van der Waals surface area (Å²) in [6.07, 6.45) is 0. The summed E-state index contributed by atoms with van der Waals surface area (Å²) in [7, 11) is 0. The summed E-state index contributed by atoms with van der Waals surface area (Å²) in [5.41, 5.74) is 0.569. The van der Waals surface area contributed by atoms with Crippen molar-refractivity contribution in [2.24, 2.45) is 0 Å². The molecule has 1 N–H and O–H groups in total. The Morgan fingerprint density at radius 2 is 2.17 bits per heavy atom. The molecule has 0 radical (unpaired) electrons. The van der Waals surface area contributed by atoms with Crippen molar-refractivity contribution < 1.29 is 8.81 Å². The lowest BCUT2D eigenvalue weighted by atomic mass is 10.2. The molecular formula is C12H13BrFN3O. The fourth-order valence-corrected chi connectivity index (χ4v) is 1.61. The number of aromatic nitrogens is 2. The molecule has 1 aromatic carbocycles. The van der Waals surface area contributed by atoms with E-state index >= 15 is 0 Å². The average Bonchev–Trinajstić information content (AvgIpc) is 2.79. The van der Waals surface area contributed by atoms with Crippen molar-refractivity contribution in [2.45, 2.75) is 26.4 Å². The van der Waals surface area contributed by atoms with E-state index in [2.05, 4.69) is 31.4 Å². The first-order chi connectivity index (χ1) is 8.56. The van der Waals surface area contributed by atoms with Gasteiger partial charge >= 0.3 is 0 Å². The van der Waals surface area contributed by atoms with Crippen LogP contribution in [0.2, 0.25) is 0 Å². The van der Waals surface area contributed by atoms with E-state index in [0.29, 0.717) is 34.4 Å². The Bertz CT molecular complexity index is 542. The molecule has 0 saturated heterocycles. The van der Waals surface area contributed by atoms with Crippen LogP contribution >= 0.6 is 15.9 Å². The fourth-order valence-electron chi connectivity index (χ4n) is 1.36. The largest absolute Gasteiger partial charge is 0.419 e. The highest BCUT2D eigenvalue weighted by atomic mass is 79.9. The van der Waals surface area contributed by atoms with Crippen LogP contribution in [0.15, 0.2) is 27.1 Å². The molecule has 0 atom stereocenters. The second-order valence-corrected chi connectivity index (χ2v) is 5.02. The third-order valence-electron chi connectivity index (χ3n) is 2.29. The third kappa shape index (κ3) is 3.14. The van der Waals surface area contributed by atoms with Gasteiger partial charge in [-0.2, -0.15) is 0 Å². The molecule has 0 bridgehead atoms. The van der Waals surface area contributed by atoms with Gasteiger partial charge < -0.3 is 9.73 Å².